The normalized spacial score (nSPS) is 11.1. The Morgan fingerprint density at radius 2 is 1.75 bits per heavy atom. The van der Waals surface area contributed by atoms with Crippen molar-refractivity contribution in [2.24, 2.45) is 4.99 Å². The van der Waals surface area contributed by atoms with Crippen LogP contribution in [0, 0.1) is 0 Å². The molecule has 0 amide bonds. The van der Waals surface area contributed by atoms with Crippen LogP contribution in [-0.2, 0) is 0 Å². The molecule has 98 valence electrons. The van der Waals surface area contributed by atoms with E-state index in [-0.39, 0.29) is 0 Å². The van der Waals surface area contributed by atoms with Crippen LogP contribution in [0.3, 0.4) is 0 Å². The quantitative estimate of drug-likeness (QED) is 0.609. The second kappa shape index (κ2) is 5.99. The Bertz CT molecular complexity index is 735. The van der Waals surface area contributed by atoms with Gasteiger partial charge in [0.15, 0.2) is 0 Å². The summed E-state index contributed by atoms with van der Waals surface area (Å²) < 4.78 is 0. The zero-order valence-electron chi connectivity index (χ0n) is 10.5. The van der Waals surface area contributed by atoms with Gasteiger partial charge in [0.2, 0.25) is 5.13 Å². The maximum atomic E-state index is 6.08. The molecule has 20 heavy (non-hydrogen) atoms. The number of aromatic nitrogens is 1. The second-order valence-electron chi connectivity index (χ2n) is 4.16. The highest BCUT2D eigenvalue weighted by atomic mass is 35.5. The minimum Gasteiger partial charge on any atom is -0.227 e. The van der Waals surface area contributed by atoms with Gasteiger partial charge in [-0.25, -0.2) is 9.98 Å². The first kappa shape index (κ1) is 13.0. The third-order valence-corrected chi connectivity index (χ3v) is 3.87. The first-order valence-electron chi connectivity index (χ1n) is 6.12. The van der Waals surface area contributed by atoms with E-state index in [4.69, 9.17) is 11.6 Å². The van der Waals surface area contributed by atoms with Gasteiger partial charge in [-0.3, -0.25) is 0 Å². The van der Waals surface area contributed by atoms with Crippen molar-refractivity contribution >= 4 is 34.3 Å². The molecule has 2 aromatic carbocycles. The molecule has 0 saturated carbocycles. The monoisotopic (exact) mass is 298 g/mol. The fourth-order valence-electron chi connectivity index (χ4n) is 1.77. The fourth-order valence-corrected chi connectivity index (χ4v) is 2.62. The summed E-state index contributed by atoms with van der Waals surface area (Å²) in [6.45, 7) is 0. The molecule has 0 aliphatic heterocycles. The molecule has 0 aliphatic carbocycles. The van der Waals surface area contributed by atoms with E-state index in [1.165, 1.54) is 11.3 Å². The molecular formula is C16H11ClN2S. The molecule has 0 atom stereocenters. The molecule has 3 rings (SSSR count). The Labute approximate surface area is 126 Å². The lowest BCUT2D eigenvalue weighted by molar-refractivity contribution is 1.36. The van der Waals surface area contributed by atoms with Crippen molar-refractivity contribution < 1.29 is 0 Å². The predicted molar refractivity (Wildman–Crippen MR) is 86.3 cm³/mol. The lowest BCUT2D eigenvalue weighted by Crippen LogP contribution is -1.81. The summed E-state index contributed by atoms with van der Waals surface area (Å²) in [7, 11) is 0. The van der Waals surface area contributed by atoms with Gasteiger partial charge in [-0.05, 0) is 6.07 Å². The molecule has 0 radical (unpaired) electrons. The Hall–Kier alpha value is -1.97. The number of benzene rings is 2. The molecule has 2 nitrogen and oxygen atoms in total. The summed E-state index contributed by atoms with van der Waals surface area (Å²) >= 11 is 7.60. The lowest BCUT2D eigenvalue weighted by atomic mass is 10.2. The molecule has 0 spiro atoms. The van der Waals surface area contributed by atoms with Crippen LogP contribution in [0.1, 0.15) is 5.56 Å². The van der Waals surface area contributed by atoms with Crippen LogP contribution >= 0.6 is 22.9 Å². The van der Waals surface area contributed by atoms with Crippen LogP contribution in [-0.4, -0.2) is 11.2 Å². The number of aliphatic imine (C=N–C) groups is 1. The maximum absolute atomic E-state index is 6.08. The summed E-state index contributed by atoms with van der Waals surface area (Å²) in [6.07, 6.45) is 1.75. The average molecular weight is 299 g/mol. The van der Waals surface area contributed by atoms with E-state index in [9.17, 15) is 0 Å². The summed E-state index contributed by atoms with van der Waals surface area (Å²) in [5, 5.41) is 3.43. The van der Waals surface area contributed by atoms with Crippen molar-refractivity contribution in [3.05, 3.63) is 70.6 Å². The van der Waals surface area contributed by atoms with Crippen LogP contribution in [0.25, 0.3) is 11.3 Å². The van der Waals surface area contributed by atoms with Gasteiger partial charge in [0, 0.05) is 27.7 Å². The van der Waals surface area contributed by atoms with E-state index in [1.807, 2.05) is 60.0 Å². The van der Waals surface area contributed by atoms with Crippen molar-refractivity contribution in [2.75, 3.05) is 0 Å². The van der Waals surface area contributed by atoms with Gasteiger partial charge >= 0.3 is 0 Å². The van der Waals surface area contributed by atoms with Gasteiger partial charge in [0.05, 0.1) is 5.69 Å². The highest BCUT2D eigenvalue weighted by Crippen LogP contribution is 2.26. The summed E-state index contributed by atoms with van der Waals surface area (Å²) in [4.78, 5) is 8.88. The van der Waals surface area contributed by atoms with E-state index < -0.39 is 0 Å². The van der Waals surface area contributed by atoms with Crippen molar-refractivity contribution in [3.8, 4) is 11.3 Å². The number of rotatable bonds is 3. The van der Waals surface area contributed by atoms with Crippen molar-refractivity contribution in [1.82, 2.24) is 4.98 Å². The van der Waals surface area contributed by atoms with Gasteiger partial charge in [0.25, 0.3) is 0 Å². The molecule has 1 heterocycles. The molecule has 0 bridgehead atoms. The standard InChI is InChI=1S/C16H11ClN2S/c17-14-9-5-4-8-13(14)10-18-16-19-15(11-20-16)12-6-2-1-3-7-12/h1-11H. The van der Waals surface area contributed by atoms with Crippen LogP contribution in [0.2, 0.25) is 5.02 Å². The topological polar surface area (TPSA) is 25.2 Å². The summed E-state index contributed by atoms with van der Waals surface area (Å²) in [6, 6.07) is 17.7. The molecular weight excluding hydrogens is 288 g/mol. The fraction of sp³-hybridized carbons (Fsp3) is 0. The third kappa shape index (κ3) is 2.95. The SMILES string of the molecule is Clc1ccccc1C=Nc1nc(-c2ccccc2)cs1. The number of nitrogens with zero attached hydrogens (tertiary/aromatic N) is 2. The summed E-state index contributed by atoms with van der Waals surface area (Å²) in [5.74, 6) is 0. The van der Waals surface area contributed by atoms with E-state index in [0.717, 1.165) is 22.0 Å². The molecule has 0 fully saturated rings. The molecule has 0 saturated heterocycles. The van der Waals surface area contributed by atoms with Crippen molar-refractivity contribution in [2.45, 2.75) is 0 Å². The van der Waals surface area contributed by atoms with Gasteiger partial charge in [-0.2, -0.15) is 0 Å². The Balaban J connectivity index is 1.83. The minimum atomic E-state index is 0.691. The van der Waals surface area contributed by atoms with E-state index in [2.05, 4.69) is 9.98 Å². The van der Waals surface area contributed by atoms with E-state index >= 15 is 0 Å². The minimum absolute atomic E-state index is 0.691. The van der Waals surface area contributed by atoms with Gasteiger partial charge in [-0.15, -0.1) is 11.3 Å². The number of hydrogen-bond acceptors (Lipinski definition) is 3. The van der Waals surface area contributed by atoms with Crippen LogP contribution in [0.15, 0.2) is 65.0 Å². The number of hydrogen-bond donors (Lipinski definition) is 0. The number of thiazole rings is 1. The van der Waals surface area contributed by atoms with E-state index in [1.54, 1.807) is 6.21 Å². The van der Waals surface area contributed by atoms with E-state index in [0.29, 0.717) is 5.02 Å². The Morgan fingerprint density at radius 1 is 1.00 bits per heavy atom. The molecule has 4 heteroatoms. The molecule has 0 aliphatic rings. The van der Waals surface area contributed by atoms with Crippen LogP contribution in [0.4, 0.5) is 5.13 Å². The first-order chi connectivity index (χ1) is 9.83. The predicted octanol–water partition coefficient (Wildman–Crippen LogP) is 5.21. The highest BCUT2D eigenvalue weighted by Gasteiger charge is 2.02. The highest BCUT2D eigenvalue weighted by molar-refractivity contribution is 7.13. The molecule has 0 unspecified atom stereocenters. The van der Waals surface area contributed by atoms with Gasteiger partial charge < -0.3 is 0 Å². The average Bonchev–Trinajstić information content (AvgIpc) is 2.96. The number of halogens is 1. The van der Waals surface area contributed by atoms with Crippen molar-refractivity contribution in [1.29, 1.82) is 0 Å². The largest absolute Gasteiger partial charge is 0.227 e. The van der Waals surface area contributed by atoms with Gasteiger partial charge in [0.1, 0.15) is 0 Å². The second-order valence-corrected chi connectivity index (χ2v) is 5.40. The van der Waals surface area contributed by atoms with Crippen LogP contribution < -0.4 is 0 Å². The smallest absolute Gasteiger partial charge is 0.209 e. The zero-order valence-corrected chi connectivity index (χ0v) is 12.1. The Kier molecular flexibility index (Phi) is 3.90. The van der Waals surface area contributed by atoms with Crippen LogP contribution in [0.5, 0.6) is 0 Å². The molecule has 0 N–H and O–H groups in total. The summed E-state index contributed by atoms with van der Waals surface area (Å²) in [5.41, 5.74) is 2.94. The molecule has 3 aromatic rings. The maximum Gasteiger partial charge on any atom is 0.209 e. The zero-order chi connectivity index (χ0) is 13.8. The Morgan fingerprint density at radius 3 is 2.55 bits per heavy atom. The molecule has 1 aromatic heterocycles. The lowest BCUT2D eigenvalue weighted by Gasteiger charge is -1.95. The van der Waals surface area contributed by atoms with Gasteiger partial charge in [-0.1, -0.05) is 60.1 Å². The third-order valence-electron chi connectivity index (χ3n) is 2.78. The first-order valence-corrected chi connectivity index (χ1v) is 7.38. The van der Waals surface area contributed by atoms with Crippen molar-refractivity contribution in [3.63, 3.8) is 0 Å².